The number of nitrogens with zero attached hydrogens (tertiary/aromatic N) is 1. The zero-order valence-corrected chi connectivity index (χ0v) is 11.5. The molecule has 0 aromatic carbocycles. The van der Waals surface area contributed by atoms with Crippen LogP contribution in [0, 0.1) is 6.92 Å². The van der Waals surface area contributed by atoms with Gasteiger partial charge in [0, 0.05) is 19.0 Å². The summed E-state index contributed by atoms with van der Waals surface area (Å²) in [7, 11) is 0. The van der Waals surface area contributed by atoms with E-state index in [2.05, 4.69) is 15.6 Å². The molecule has 1 aliphatic carbocycles. The molecule has 0 spiro atoms. The first-order valence-electron chi connectivity index (χ1n) is 6.26. The molecule has 1 saturated carbocycles. The number of hydrogen-bond donors (Lipinski definition) is 3. The average Bonchev–Trinajstić information content (AvgIpc) is 3.08. The number of aromatic nitrogens is 1. The number of rotatable bonds is 7. The third kappa shape index (κ3) is 4.29. The molecular formula is C12H17N3O3S. The Morgan fingerprint density at radius 3 is 2.79 bits per heavy atom. The fraction of sp³-hybridized carbons (Fsp3) is 0.583. The highest BCUT2D eigenvalue weighted by atomic mass is 32.1. The Labute approximate surface area is 115 Å². The molecule has 0 bridgehead atoms. The molecule has 1 aromatic heterocycles. The lowest BCUT2D eigenvalue weighted by atomic mass is 10.4. The number of aryl methyl sites for hydroxylation is 1. The number of carbonyl (C=O) groups excluding carboxylic acids is 1. The highest BCUT2D eigenvalue weighted by Crippen LogP contribution is 2.18. The maximum absolute atomic E-state index is 11.6. The van der Waals surface area contributed by atoms with Gasteiger partial charge in [0.05, 0.1) is 12.2 Å². The van der Waals surface area contributed by atoms with Crippen LogP contribution in [0.3, 0.4) is 0 Å². The van der Waals surface area contributed by atoms with Crippen molar-refractivity contribution in [2.75, 3.05) is 6.54 Å². The Hall–Kier alpha value is -1.47. The number of carboxylic acid groups (broad SMARTS) is 1. The highest BCUT2D eigenvalue weighted by Gasteiger charge is 2.20. The predicted molar refractivity (Wildman–Crippen MR) is 71.3 cm³/mol. The first-order chi connectivity index (χ1) is 9.06. The van der Waals surface area contributed by atoms with Crippen molar-refractivity contribution in [2.45, 2.75) is 38.8 Å². The Bertz CT molecular complexity index is 483. The number of hydrogen-bond acceptors (Lipinski definition) is 5. The molecule has 0 saturated heterocycles. The van der Waals surface area contributed by atoms with Crippen molar-refractivity contribution in [3.8, 4) is 0 Å². The van der Waals surface area contributed by atoms with Crippen LogP contribution >= 0.6 is 11.3 Å². The molecule has 0 unspecified atom stereocenters. The van der Waals surface area contributed by atoms with E-state index in [-0.39, 0.29) is 10.8 Å². The van der Waals surface area contributed by atoms with E-state index in [0.29, 0.717) is 36.3 Å². The van der Waals surface area contributed by atoms with Gasteiger partial charge >= 0.3 is 5.97 Å². The second-order valence-electron chi connectivity index (χ2n) is 4.58. The Balaban J connectivity index is 1.72. The molecule has 1 fully saturated rings. The molecule has 7 heteroatoms. The van der Waals surface area contributed by atoms with Gasteiger partial charge in [0.25, 0.3) is 0 Å². The van der Waals surface area contributed by atoms with E-state index in [1.165, 1.54) is 12.8 Å². The number of nitrogens with one attached hydrogen (secondary N) is 2. The molecule has 6 nitrogen and oxygen atoms in total. The third-order valence-corrected chi connectivity index (χ3v) is 3.98. The Morgan fingerprint density at radius 2 is 2.21 bits per heavy atom. The molecule has 19 heavy (non-hydrogen) atoms. The lowest BCUT2D eigenvalue weighted by Gasteiger charge is -2.03. The third-order valence-electron chi connectivity index (χ3n) is 2.83. The number of carbonyl (C=O) groups is 2. The lowest BCUT2D eigenvalue weighted by Crippen LogP contribution is -2.28. The molecule has 0 radical (unpaired) electrons. The number of thiazole rings is 1. The average molecular weight is 283 g/mol. The van der Waals surface area contributed by atoms with E-state index in [9.17, 15) is 9.59 Å². The van der Waals surface area contributed by atoms with Crippen LogP contribution in [0.1, 0.15) is 39.6 Å². The first kappa shape index (κ1) is 14.0. The van der Waals surface area contributed by atoms with Crippen molar-refractivity contribution >= 4 is 23.2 Å². The second kappa shape index (κ2) is 6.12. The van der Waals surface area contributed by atoms with Crippen molar-refractivity contribution in [3.05, 3.63) is 15.6 Å². The van der Waals surface area contributed by atoms with Gasteiger partial charge in [0.15, 0.2) is 0 Å². The van der Waals surface area contributed by atoms with Crippen LogP contribution in [0.4, 0.5) is 0 Å². The van der Waals surface area contributed by atoms with E-state index in [4.69, 9.17) is 5.11 Å². The van der Waals surface area contributed by atoms with Gasteiger partial charge < -0.3 is 15.7 Å². The van der Waals surface area contributed by atoms with E-state index >= 15 is 0 Å². The molecule has 1 heterocycles. The largest absolute Gasteiger partial charge is 0.477 e. The Kier molecular flexibility index (Phi) is 4.49. The summed E-state index contributed by atoms with van der Waals surface area (Å²) in [4.78, 5) is 26.8. The number of carboxylic acids is 1. The molecular weight excluding hydrogens is 266 g/mol. The zero-order chi connectivity index (χ0) is 13.8. The summed E-state index contributed by atoms with van der Waals surface area (Å²) in [6.45, 7) is 2.64. The van der Waals surface area contributed by atoms with Crippen molar-refractivity contribution in [1.82, 2.24) is 15.6 Å². The predicted octanol–water partition coefficient (Wildman–Crippen LogP) is 0.908. The van der Waals surface area contributed by atoms with E-state index in [0.717, 1.165) is 11.3 Å². The first-order valence-corrected chi connectivity index (χ1v) is 7.07. The van der Waals surface area contributed by atoms with Gasteiger partial charge in [-0.3, -0.25) is 4.79 Å². The summed E-state index contributed by atoms with van der Waals surface area (Å²) in [5.74, 6) is -1.01. The van der Waals surface area contributed by atoms with Crippen molar-refractivity contribution in [2.24, 2.45) is 0 Å². The van der Waals surface area contributed by atoms with Crippen LogP contribution in [0.2, 0.25) is 0 Å². The number of amides is 1. The summed E-state index contributed by atoms with van der Waals surface area (Å²) in [5, 5.41) is 15.5. The SMILES string of the molecule is Cc1nc(CNC(=O)CCNC2CC2)sc1C(=O)O. The molecule has 1 amide bonds. The highest BCUT2D eigenvalue weighted by molar-refractivity contribution is 7.13. The van der Waals surface area contributed by atoms with E-state index in [1.54, 1.807) is 6.92 Å². The quantitative estimate of drug-likeness (QED) is 0.692. The summed E-state index contributed by atoms with van der Waals surface area (Å²) in [5.41, 5.74) is 0.497. The van der Waals surface area contributed by atoms with Crippen molar-refractivity contribution in [1.29, 1.82) is 0 Å². The van der Waals surface area contributed by atoms with Gasteiger partial charge in [-0.2, -0.15) is 0 Å². The molecule has 1 aliphatic rings. The summed E-state index contributed by atoms with van der Waals surface area (Å²) in [6.07, 6.45) is 2.85. The minimum Gasteiger partial charge on any atom is -0.477 e. The van der Waals surface area contributed by atoms with Crippen LogP contribution in [0.5, 0.6) is 0 Å². The number of aromatic carboxylic acids is 1. The van der Waals surface area contributed by atoms with Gasteiger partial charge in [-0.15, -0.1) is 11.3 Å². The minimum atomic E-state index is -0.971. The summed E-state index contributed by atoms with van der Waals surface area (Å²) in [6, 6.07) is 0.604. The minimum absolute atomic E-state index is 0.0436. The fourth-order valence-electron chi connectivity index (χ4n) is 1.67. The van der Waals surface area contributed by atoms with Crippen molar-refractivity contribution < 1.29 is 14.7 Å². The molecule has 3 N–H and O–H groups in total. The normalized spacial score (nSPS) is 14.4. The maximum Gasteiger partial charge on any atom is 0.347 e. The molecule has 1 aromatic rings. The van der Waals surface area contributed by atoms with E-state index < -0.39 is 5.97 Å². The second-order valence-corrected chi connectivity index (χ2v) is 5.67. The van der Waals surface area contributed by atoms with Crippen molar-refractivity contribution in [3.63, 3.8) is 0 Å². The Morgan fingerprint density at radius 1 is 1.47 bits per heavy atom. The van der Waals surface area contributed by atoms with E-state index in [1.807, 2.05) is 0 Å². The summed E-state index contributed by atoms with van der Waals surface area (Å²) >= 11 is 1.11. The zero-order valence-electron chi connectivity index (χ0n) is 10.7. The maximum atomic E-state index is 11.6. The standard InChI is InChI=1S/C12H17N3O3S/c1-7-11(12(17)18)19-10(15-7)6-14-9(16)4-5-13-8-2-3-8/h8,13H,2-6H2,1H3,(H,14,16)(H,17,18). The van der Waals surface area contributed by atoms with Crippen LogP contribution in [-0.4, -0.2) is 34.6 Å². The molecule has 0 atom stereocenters. The van der Waals surface area contributed by atoms with Gasteiger partial charge in [0.1, 0.15) is 9.88 Å². The van der Waals surface area contributed by atoms with Gasteiger partial charge in [-0.05, 0) is 19.8 Å². The molecule has 0 aliphatic heterocycles. The summed E-state index contributed by atoms with van der Waals surface area (Å²) < 4.78 is 0. The smallest absolute Gasteiger partial charge is 0.347 e. The topological polar surface area (TPSA) is 91.3 Å². The van der Waals surface area contributed by atoms with Crippen LogP contribution in [0.15, 0.2) is 0 Å². The lowest BCUT2D eigenvalue weighted by molar-refractivity contribution is -0.121. The molecule has 104 valence electrons. The fourth-order valence-corrected chi connectivity index (χ4v) is 2.51. The van der Waals surface area contributed by atoms with Crippen LogP contribution in [0.25, 0.3) is 0 Å². The van der Waals surface area contributed by atoms with Crippen LogP contribution < -0.4 is 10.6 Å². The van der Waals surface area contributed by atoms with Gasteiger partial charge in [-0.1, -0.05) is 0 Å². The molecule has 2 rings (SSSR count). The van der Waals surface area contributed by atoms with Crippen LogP contribution in [-0.2, 0) is 11.3 Å². The van der Waals surface area contributed by atoms with Gasteiger partial charge in [-0.25, -0.2) is 9.78 Å². The van der Waals surface area contributed by atoms with Gasteiger partial charge in [0.2, 0.25) is 5.91 Å². The monoisotopic (exact) mass is 283 g/mol.